The fraction of sp³-hybridized carbons (Fsp3) is 0.471. The zero-order valence-corrected chi connectivity index (χ0v) is 13.8. The summed E-state index contributed by atoms with van der Waals surface area (Å²) in [6.07, 6.45) is 5.24. The van der Waals surface area contributed by atoms with Gasteiger partial charge in [0.15, 0.2) is 5.78 Å². The third kappa shape index (κ3) is 3.71. The minimum absolute atomic E-state index is 0.00526. The molecule has 1 aliphatic carbocycles. The number of nitrogens with zero attached hydrogens (tertiary/aromatic N) is 2. The van der Waals surface area contributed by atoms with Gasteiger partial charge in [-0.05, 0) is 39.5 Å². The van der Waals surface area contributed by atoms with E-state index in [9.17, 15) is 4.79 Å². The Kier molecular flexibility index (Phi) is 4.52. The molecule has 0 N–H and O–H groups in total. The van der Waals surface area contributed by atoms with E-state index < -0.39 is 0 Å². The molecule has 1 fully saturated rings. The first kappa shape index (κ1) is 15.2. The lowest BCUT2D eigenvalue weighted by Gasteiger charge is -2.14. The minimum Gasteiger partial charge on any atom is -0.490 e. The highest BCUT2D eigenvalue weighted by Crippen LogP contribution is 2.25. The maximum Gasteiger partial charge on any atom is 0.188 e. The Balaban J connectivity index is 1.74. The standard InChI is InChI=1S/C17H20N2O2S/c1-11-7-14(21-13-5-3-4-6-13)8-15(18-11)16(20)9-17-19-12(2)10-22-17/h7-8,10,13H,3-6,9H2,1-2H3. The van der Waals surface area contributed by atoms with E-state index in [0.29, 0.717) is 12.1 Å². The zero-order chi connectivity index (χ0) is 15.5. The van der Waals surface area contributed by atoms with Gasteiger partial charge < -0.3 is 4.74 Å². The van der Waals surface area contributed by atoms with Crippen LogP contribution in [0.5, 0.6) is 5.75 Å². The van der Waals surface area contributed by atoms with E-state index in [-0.39, 0.29) is 11.9 Å². The fourth-order valence-corrected chi connectivity index (χ4v) is 3.53. The van der Waals surface area contributed by atoms with Gasteiger partial charge in [-0.1, -0.05) is 0 Å². The minimum atomic E-state index is -0.00526. The predicted molar refractivity (Wildman–Crippen MR) is 86.7 cm³/mol. The molecule has 0 aliphatic heterocycles. The molecule has 116 valence electrons. The van der Waals surface area contributed by atoms with E-state index in [0.717, 1.165) is 35.0 Å². The molecule has 1 aliphatic rings. The molecule has 5 heteroatoms. The summed E-state index contributed by atoms with van der Waals surface area (Å²) in [6.45, 7) is 3.83. The van der Waals surface area contributed by atoms with Gasteiger partial charge in [0.25, 0.3) is 0 Å². The quantitative estimate of drug-likeness (QED) is 0.785. The van der Waals surface area contributed by atoms with E-state index in [1.54, 1.807) is 6.07 Å². The molecule has 1 saturated carbocycles. The van der Waals surface area contributed by atoms with Crippen LogP contribution in [-0.4, -0.2) is 21.9 Å². The van der Waals surface area contributed by atoms with Gasteiger partial charge in [0.1, 0.15) is 16.5 Å². The molecule has 2 heterocycles. The molecule has 0 saturated heterocycles. The molecule has 2 aromatic heterocycles. The molecule has 0 bridgehead atoms. The highest BCUT2D eigenvalue weighted by Gasteiger charge is 2.18. The van der Waals surface area contributed by atoms with Crippen molar-refractivity contribution in [3.63, 3.8) is 0 Å². The molecule has 0 unspecified atom stereocenters. The number of hydrogen-bond acceptors (Lipinski definition) is 5. The Morgan fingerprint density at radius 1 is 1.23 bits per heavy atom. The summed E-state index contributed by atoms with van der Waals surface area (Å²) in [4.78, 5) is 21.1. The predicted octanol–water partition coefficient (Wildman–Crippen LogP) is 3.90. The van der Waals surface area contributed by atoms with Crippen LogP contribution in [0.25, 0.3) is 0 Å². The van der Waals surface area contributed by atoms with E-state index in [1.165, 1.54) is 24.2 Å². The summed E-state index contributed by atoms with van der Waals surface area (Å²) in [5, 5.41) is 2.80. The molecule has 4 nitrogen and oxygen atoms in total. The Bertz CT molecular complexity index is 675. The Labute approximate surface area is 134 Å². The summed E-state index contributed by atoms with van der Waals surface area (Å²) in [7, 11) is 0. The van der Waals surface area contributed by atoms with Gasteiger partial charge >= 0.3 is 0 Å². The second kappa shape index (κ2) is 6.57. The average Bonchev–Trinajstić information content (AvgIpc) is 3.10. The van der Waals surface area contributed by atoms with Crippen molar-refractivity contribution < 1.29 is 9.53 Å². The first-order chi connectivity index (χ1) is 10.6. The van der Waals surface area contributed by atoms with Crippen LogP contribution >= 0.6 is 11.3 Å². The van der Waals surface area contributed by atoms with Crippen LogP contribution in [0.4, 0.5) is 0 Å². The van der Waals surface area contributed by atoms with Crippen molar-refractivity contribution in [2.75, 3.05) is 0 Å². The van der Waals surface area contributed by atoms with Crippen molar-refractivity contribution in [1.29, 1.82) is 0 Å². The maximum absolute atomic E-state index is 12.4. The number of ether oxygens (including phenoxy) is 1. The zero-order valence-electron chi connectivity index (χ0n) is 13.0. The van der Waals surface area contributed by atoms with Crippen LogP contribution < -0.4 is 4.74 Å². The third-order valence-electron chi connectivity index (χ3n) is 3.80. The molecule has 0 aromatic carbocycles. The van der Waals surface area contributed by atoms with Gasteiger partial charge in [-0.3, -0.25) is 4.79 Å². The molecule has 0 amide bonds. The first-order valence-electron chi connectivity index (χ1n) is 7.70. The van der Waals surface area contributed by atoms with E-state index >= 15 is 0 Å². The molecule has 3 rings (SSSR count). The van der Waals surface area contributed by atoms with Crippen LogP contribution in [0.15, 0.2) is 17.5 Å². The number of carbonyl (C=O) groups excluding carboxylic acids is 1. The number of carbonyl (C=O) groups is 1. The van der Waals surface area contributed by atoms with E-state index in [1.807, 2.05) is 25.3 Å². The summed E-state index contributed by atoms with van der Waals surface area (Å²) in [5.41, 5.74) is 2.24. The van der Waals surface area contributed by atoms with Gasteiger partial charge in [0.05, 0.1) is 12.5 Å². The number of Topliss-reactive ketones (excluding diaryl/α,β-unsaturated/α-hetero) is 1. The Hall–Kier alpha value is -1.75. The van der Waals surface area contributed by atoms with Crippen LogP contribution in [0, 0.1) is 13.8 Å². The normalized spacial score (nSPS) is 15.2. The second-order valence-electron chi connectivity index (χ2n) is 5.84. The number of rotatable bonds is 5. The van der Waals surface area contributed by atoms with Crippen molar-refractivity contribution in [2.24, 2.45) is 0 Å². The monoisotopic (exact) mass is 316 g/mol. The van der Waals surface area contributed by atoms with Gasteiger partial charge in [-0.2, -0.15) is 0 Å². The van der Waals surface area contributed by atoms with Crippen LogP contribution in [0.3, 0.4) is 0 Å². The molecule has 2 aromatic rings. The molecule has 22 heavy (non-hydrogen) atoms. The van der Waals surface area contributed by atoms with Crippen LogP contribution in [0.2, 0.25) is 0 Å². The van der Waals surface area contributed by atoms with Crippen LogP contribution in [-0.2, 0) is 6.42 Å². The fourth-order valence-electron chi connectivity index (χ4n) is 2.76. The summed E-state index contributed by atoms with van der Waals surface area (Å²) in [5.74, 6) is 0.757. The Morgan fingerprint density at radius 2 is 2.00 bits per heavy atom. The summed E-state index contributed by atoms with van der Waals surface area (Å²) >= 11 is 1.52. The topological polar surface area (TPSA) is 52.1 Å². The average molecular weight is 316 g/mol. The van der Waals surface area contributed by atoms with Crippen molar-refractivity contribution in [3.8, 4) is 5.75 Å². The Morgan fingerprint density at radius 3 is 2.68 bits per heavy atom. The summed E-state index contributed by atoms with van der Waals surface area (Å²) < 4.78 is 6.00. The third-order valence-corrected chi connectivity index (χ3v) is 4.76. The molecule has 0 atom stereocenters. The molecular formula is C17H20N2O2S. The number of aryl methyl sites for hydroxylation is 2. The van der Waals surface area contributed by atoms with Gasteiger partial charge in [0.2, 0.25) is 0 Å². The SMILES string of the molecule is Cc1cc(OC2CCCC2)cc(C(=O)Cc2nc(C)cs2)n1. The smallest absolute Gasteiger partial charge is 0.188 e. The number of aromatic nitrogens is 2. The number of hydrogen-bond donors (Lipinski definition) is 0. The molecular weight excluding hydrogens is 296 g/mol. The summed E-state index contributed by atoms with van der Waals surface area (Å²) in [6, 6.07) is 3.68. The van der Waals surface area contributed by atoms with E-state index in [2.05, 4.69) is 9.97 Å². The highest BCUT2D eigenvalue weighted by molar-refractivity contribution is 7.09. The first-order valence-corrected chi connectivity index (χ1v) is 8.57. The molecule has 0 spiro atoms. The lowest BCUT2D eigenvalue weighted by Crippen LogP contribution is -2.13. The second-order valence-corrected chi connectivity index (χ2v) is 6.78. The number of ketones is 1. The van der Waals surface area contributed by atoms with Gasteiger partial charge in [0, 0.05) is 28.9 Å². The van der Waals surface area contributed by atoms with E-state index in [4.69, 9.17) is 4.74 Å². The van der Waals surface area contributed by atoms with Gasteiger partial charge in [-0.15, -0.1) is 11.3 Å². The lowest BCUT2D eigenvalue weighted by molar-refractivity contribution is 0.0987. The molecule has 0 radical (unpaired) electrons. The largest absolute Gasteiger partial charge is 0.490 e. The van der Waals surface area contributed by atoms with Crippen molar-refractivity contribution >= 4 is 17.1 Å². The lowest BCUT2D eigenvalue weighted by atomic mass is 10.2. The number of thiazole rings is 1. The van der Waals surface area contributed by atoms with Crippen molar-refractivity contribution in [2.45, 2.75) is 52.1 Å². The van der Waals surface area contributed by atoms with Crippen molar-refractivity contribution in [1.82, 2.24) is 9.97 Å². The highest BCUT2D eigenvalue weighted by atomic mass is 32.1. The van der Waals surface area contributed by atoms with Crippen molar-refractivity contribution in [3.05, 3.63) is 39.6 Å². The van der Waals surface area contributed by atoms with Crippen LogP contribution in [0.1, 0.15) is 52.6 Å². The number of pyridine rings is 1. The van der Waals surface area contributed by atoms with Gasteiger partial charge in [-0.25, -0.2) is 9.97 Å². The maximum atomic E-state index is 12.4.